The quantitative estimate of drug-likeness (QED) is 0.572. The number of benzene rings is 1. The Hall–Kier alpha value is -3.36. The van der Waals surface area contributed by atoms with E-state index in [1.165, 1.54) is 0 Å². The van der Waals surface area contributed by atoms with Crippen LogP contribution >= 0.6 is 0 Å². The Balaban J connectivity index is 1.74. The van der Waals surface area contributed by atoms with Crippen LogP contribution in [0.25, 0.3) is 5.57 Å². The Bertz CT molecular complexity index is 1170. The lowest BCUT2D eigenvalue weighted by molar-refractivity contribution is -0.130. The van der Waals surface area contributed by atoms with E-state index in [0.29, 0.717) is 16.8 Å². The maximum absolute atomic E-state index is 15.3. The zero-order chi connectivity index (χ0) is 24.5. The van der Waals surface area contributed by atoms with E-state index >= 15 is 4.39 Å². The van der Waals surface area contributed by atoms with Crippen LogP contribution in [0.2, 0.25) is 0 Å². The highest BCUT2D eigenvalue weighted by Gasteiger charge is 2.43. The molecular weight excluding hydrogens is 435 g/mol. The number of unbranched alkanes of at least 4 members (excludes halogenated alkanes) is 2. The molecule has 0 bridgehead atoms. The minimum absolute atomic E-state index is 0.0920. The molecule has 0 aliphatic carbocycles. The summed E-state index contributed by atoms with van der Waals surface area (Å²) in [5.74, 6) is -1.26. The fourth-order valence-electron chi connectivity index (χ4n) is 4.50. The predicted octanol–water partition coefficient (Wildman–Crippen LogP) is 4.69. The second kappa shape index (κ2) is 9.48. The van der Waals surface area contributed by atoms with E-state index in [9.17, 15) is 9.59 Å². The molecule has 3 heterocycles. The van der Waals surface area contributed by atoms with Gasteiger partial charge in [-0.05, 0) is 51.3 Å². The second-order valence-corrected chi connectivity index (χ2v) is 9.43. The molecule has 1 atom stereocenters. The number of hydrogen-bond acceptors (Lipinski definition) is 5. The normalized spacial score (nSPS) is 20.6. The van der Waals surface area contributed by atoms with Crippen molar-refractivity contribution in [3.63, 3.8) is 0 Å². The van der Waals surface area contributed by atoms with E-state index in [-0.39, 0.29) is 30.5 Å². The lowest BCUT2D eigenvalue weighted by Crippen LogP contribution is -2.51. The fraction of sp³-hybridized carbons (Fsp3) is 0.480. The monoisotopic (exact) mass is 466 g/mol. The molecule has 9 heteroatoms. The smallest absolute Gasteiger partial charge is 0.272 e. The summed E-state index contributed by atoms with van der Waals surface area (Å²) in [6.45, 7) is 7.81. The molecule has 1 aromatic carbocycles. The van der Waals surface area contributed by atoms with E-state index in [1.54, 1.807) is 29.8 Å². The number of carbonyl (C=O) groups is 2. The van der Waals surface area contributed by atoms with Crippen molar-refractivity contribution in [3.8, 4) is 0 Å². The van der Waals surface area contributed by atoms with Gasteiger partial charge in [0.25, 0.3) is 11.8 Å². The maximum Gasteiger partial charge on any atom is 0.272 e. The molecule has 4 rings (SSSR count). The molecule has 34 heavy (non-hydrogen) atoms. The summed E-state index contributed by atoms with van der Waals surface area (Å²) in [6, 6.07) is 7.17. The number of aromatic nitrogens is 2. The maximum atomic E-state index is 15.3. The highest BCUT2D eigenvalue weighted by Crippen LogP contribution is 2.40. The minimum atomic E-state index is -1.02. The van der Waals surface area contributed by atoms with Gasteiger partial charge in [-0.3, -0.25) is 14.3 Å². The molecule has 2 aliphatic heterocycles. The predicted molar refractivity (Wildman–Crippen MR) is 126 cm³/mol. The number of nitrogens with zero attached hydrogens (tertiary/aromatic N) is 5. The minimum Gasteiger partial charge on any atom is -0.341 e. The molecule has 0 radical (unpaired) electrons. The topological polar surface area (TPSA) is 92.0 Å². The van der Waals surface area contributed by atoms with Crippen molar-refractivity contribution in [2.24, 2.45) is 10.3 Å². The standard InChI is InChI=1S/C25H31FN6O2/c1-5-6-7-8-17-9-10-19(20(26)13-17)25(4)14-18(21-11-12-31(29-21)16(2)3)23(24(34)28-25)32-22(33)15-27-30-32/h9-13,16H,5-8,14-15H2,1-4H3,(H,28,34). The summed E-state index contributed by atoms with van der Waals surface area (Å²) in [6.07, 6.45) is 6.11. The number of aryl methyl sites for hydroxylation is 1. The summed E-state index contributed by atoms with van der Waals surface area (Å²) in [4.78, 5) is 25.8. The SMILES string of the molecule is CCCCCc1ccc(C2(C)CC(c3ccn(C(C)C)n3)=C(N3N=NCC3=O)C(=O)N2)c(F)c1. The first-order valence-electron chi connectivity index (χ1n) is 11.8. The number of halogens is 1. The molecule has 2 amide bonds. The van der Waals surface area contributed by atoms with Gasteiger partial charge >= 0.3 is 0 Å². The van der Waals surface area contributed by atoms with Crippen LogP contribution in [-0.4, -0.2) is 33.1 Å². The number of rotatable bonds is 8. The van der Waals surface area contributed by atoms with E-state index < -0.39 is 17.4 Å². The fourth-order valence-corrected chi connectivity index (χ4v) is 4.50. The van der Waals surface area contributed by atoms with Gasteiger partial charge in [0.2, 0.25) is 0 Å². The van der Waals surface area contributed by atoms with E-state index in [1.807, 2.05) is 26.1 Å². The van der Waals surface area contributed by atoms with Crippen LogP contribution in [-0.2, 0) is 21.5 Å². The molecule has 8 nitrogen and oxygen atoms in total. The molecule has 1 aromatic heterocycles. The van der Waals surface area contributed by atoms with Gasteiger partial charge in [-0.15, -0.1) is 0 Å². The third kappa shape index (κ3) is 4.51. The molecule has 0 saturated carbocycles. The van der Waals surface area contributed by atoms with Crippen LogP contribution in [0.5, 0.6) is 0 Å². The Morgan fingerprint density at radius 3 is 2.62 bits per heavy atom. The van der Waals surface area contributed by atoms with Crippen LogP contribution < -0.4 is 5.32 Å². The van der Waals surface area contributed by atoms with E-state index in [2.05, 4.69) is 27.7 Å². The first kappa shape index (κ1) is 23.8. The van der Waals surface area contributed by atoms with Crippen LogP contribution in [0.15, 0.2) is 46.5 Å². The lowest BCUT2D eigenvalue weighted by Gasteiger charge is -2.38. The van der Waals surface area contributed by atoms with Crippen molar-refractivity contribution in [3.05, 3.63) is 58.8 Å². The van der Waals surface area contributed by atoms with Crippen molar-refractivity contribution in [2.45, 2.75) is 71.4 Å². The van der Waals surface area contributed by atoms with E-state index in [0.717, 1.165) is 36.3 Å². The molecule has 0 saturated heterocycles. The second-order valence-electron chi connectivity index (χ2n) is 9.43. The summed E-state index contributed by atoms with van der Waals surface area (Å²) in [5.41, 5.74) is 1.49. The van der Waals surface area contributed by atoms with Gasteiger partial charge in [0, 0.05) is 29.8 Å². The zero-order valence-electron chi connectivity index (χ0n) is 20.1. The van der Waals surface area contributed by atoms with Crippen LogP contribution in [0.3, 0.4) is 0 Å². The van der Waals surface area contributed by atoms with Gasteiger partial charge in [-0.2, -0.15) is 15.2 Å². The van der Waals surface area contributed by atoms with Gasteiger partial charge in [-0.25, -0.2) is 4.39 Å². The highest BCUT2D eigenvalue weighted by molar-refractivity contribution is 6.06. The first-order chi connectivity index (χ1) is 16.2. The van der Waals surface area contributed by atoms with Crippen molar-refractivity contribution in [1.29, 1.82) is 0 Å². The van der Waals surface area contributed by atoms with Crippen molar-refractivity contribution >= 4 is 17.4 Å². The zero-order valence-corrected chi connectivity index (χ0v) is 20.1. The average molecular weight is 467 g/mol. The first-order valence-corrected chi connectivity index (χ1v) is 11.8. The average Bonchev–Trinajstić information content (AvgIpc) is 3.43. The van der Waals surface area contributed by atoms with Crippen molar-refractivity contribution in [1.82, 2.24) is 20.1 Å². The number of nitrogens with one attached hydrogen (secondary N) is 1. The van der Waals surface area contributed by atoms with Gasteiger partial charge < -0.3 is 5.32 Å². The van der Waals surface area contributed by atoms with Gasteiger partial charge in [0.1, 0.15) is 18.1 Å². The molecular formula is C25H31FN6O2. The van der Waals surface area contributed by atoms with Crippen molar-refractivity contribution < 1.29 is 14.0 Å². The molecule has 180 valence electrons. The number of carbonyl (C=O) groups excluding carboxylic acids is 2. The van der Waals surface area contributed by atoms with Gasteiger partial charge in [0.15, 0.2) is 0 Å². The molecule has 0 fully saturated rings. The number of amides is 2. The Labute approximate surface area is 198 Å². The molecule has 0 spiro atoms. The largest absolute Gasteiger partial charge is 0.341 e. The third-order valence-electron chi connectivity index (χ3n) is 6.37. The third-order valence-corrected chi connectivity index (χ3v) is 6.37. The summed E-state index contributed by atoms with van der Waals surface area (Å²) < 4.78 is 17.1. The number of hydrogen-bond donors (Lipinski definition) is 1. The summed E-state index contributed by atoms with van der Waals surface area (Å²) in [7, 11) is 0. The Kier molecular flexibility index (Phi) is 6.63. The molecule has 1 N–H and O–H groups in total. The Morgan fingerprint density at radius 1 is 1.21 bits per heavy atom. The summed E-state index contributed by atoms with van der Waals surface area (Å²) >= 11 is 0. The van der Waals surface area contributed by atoms with Gasteiger partial charge in [-0.1, -0.05) is 37.1 Å². The van der Waals surface area contributed by atoms with Crippen LogP contribution in [0.4, 0.5) is 4.39 Å². The summed E-state index contributed by atoms with van der Waals surface area (Å²) in [5, 5.41) is 16.2. The highest BCUT2D eigenvalue weighted by atomic mass is 19.1. The molecule has 2 aliphatic rings. The lowest BCUT2D eigenvalue weighted by atomic mass is 9.80. The molecule has 2 aromatic rings. The molecule has 1 unspecified atom stereocenters. The van der Waals surface area contributed by atoms with Crippen molar-refractivity contribution in [2.75, 3.05) is 6.54 Å². The van der Waals surface area contributed by atoms with Gasteiger partial charge in [0.05, 0.1) is 11.2 Å². The van der Waals surface area contributed by atoms with E-state index in [4.69, 9.17) is 0 Å². The van der Waals surface area contributed by atoms with Crippen LogP contribution in [0.1, 0.15) is 76.2 Å². The Morgan fingerprint density at radius 2 is 2.00 bits per heavy atom. The van der Waals surface area contributed by atoms with Crippen LogP contribution in [0, 0.1) is 5.82 Å².